The topological polar surface area (TPSA) is 38.8 Å². The van der Waals surface area contributed by atoms with Gasteiger partial charge >= 0.3 is 6.09 Å². The number of cyclic esters (lactones) is 1. The predicted molar refractivity (Wildman–Crippen MR) is 93.1 cm³/mol. The first-order valence-electron chi connectivity index (χ1n) is 8.31. The molecule has 0 aromatic heterocycles. The number of carbonyl (C=O) groups is 1. The van der Waals surface area contributed by atoms with Crippen LogP contribution in [0.3, 0.4) is 0 Å². The second-order valence-corrected chi connectivity index (χ2v) is 6.33. The number of ether oxygens (including phenoxy) is 2. The summed E-state index contributed by atoms with van der Waals surface area (Å²) in [7, 11) is 0. The van der Waals surface area contributed by atoms with Crippen LogP contribution in [-0.2, 0) is 11.3 Å². The van der Waals surface area contributed by atoms with Gasteiger partial charge in [0.25, 0.3) is 0 Å². The maximum absolute atomic E-state index is 12.0. The lowest BCUT2D eigenvalue weighted by molar-refractivity contribution is 0.119. The second kappa shape index (κ2) is 7.39. The lowest BCUT2D eigenvalue weighted by Crippen LogP contribution is -2.24. The summed E-state index contributed by atoms with van der Waals surface area (Å²) < 4.78 is 11.2. The van der Waals surface area contributed by atoms with Crippen molar-refractivity contribution >= 4 is 6.09 Å². The van der Waals surface area contributed by atoms with Gasteiger partial charge in [0.05, 0.1) is 13.2 Å². The number of amides is 1. The Balaban J connectivity index is 1.47. The summed E-state index contributed by atoms with van der Waals surface area (Å²) in [5.74, 6) is 0.873. The smallest absolute Gasteiger partial charge is 0.410 e. The van der Waals surface area contributed by atoms with Crippen molar-refractivity contribution in [2.45, 2.75) is 32.9 Å². The molecule has 1 heterocycles. The zero-order chi connectivity index (χ0) is 16.9. The van der Waals surface area contributed by atoms with Gasteiger partial charge in [-0.25, -0.2) is 4.79 Å². The molecule has 1 saturated heterocycles. The molecule has 1 aliphatic heterocycles. The average Bonchev–Trinajstić information content (AvgIpc) is 2.87. The third-order valence-corrected chi connectivity index (χ3v) is 4.07. The number of carbonyl (C=O) groups excluding carboxylic acids is 1. The monoisotopic (exact) mass is 325 g/mol. The molecule has 0 radical (unpaired) electrons. The summed E-state index contributed by atoms with van der Waals surface area (Å²) >= 11 is 0. The molecule has 0 bridgehead atoms. The van der Waals surface area contributed by atoms with Crippen LogP contribution in [0.5, 0.6) is 5.75 Å². The highest BCUT2D eigenvalue weighted by molar-refractivity contribution is 5.69. The summed E-state index contributed by atoms with van der Waals surface area (Å²) in [6.07, 6.45) is 0.353. The minimum atomic E-state index is -0.241. The van der Waals surface area contributed by atoms with Crippen LogP contribution in [0, 0.1) is 13.8 Å². The first-order valence-corrected chi connectivity index (χ1v) is 8.31. The third kappa shape index (κ3) is 4.28. The van der Waals surface area contributed by atoms with E-state index in [4.69, 9.17) is 9.47 Å². The van der Waals surface area contributed by atoms with E-state index in [9.17, 15) is 4.79 Å². The Hall–Kier alpha value is -2.49. The molecular formula is C20H23NO3. The van der Waals surface area contributed by atoms with E-state index in [1.807, 2.05) is 42.5 Å². The molecule has 4 nitrogen and oxygen atoms in total. The van der Waals surface area contributed by atoms with Crippen LogP contribution in [0.25, 0.3) is 0 Å². The van der Waals surface area contributed by atoms with Crippen LogP contribution in [0.15, 0.2) is 48.5 Å². The van der Waals surface area contributed by atoms with E-state index in [-0.39, 0.29) is 12.2 Å². The molecule has 126 valence electrons. The van der Waals surface area contributed by atoms with E-state index in [1.54, 1.807) is 4.90 Å². The highest BCUT2D eigenvalue weighted by Gasteiger charge is 2.30. The quantitative estimate of drug-likeness (QED) is 0.803. The van der Waals surface area contributed by atoms with Crippen LogP contribution in [0.4, 0.5) is 4.79 Å². The fourth-order valence-electron chi connectivity index (χ4n) is 2.98. The molecular weight excluding hydrogens is 302 g/mol. The van der Waals surface area contributed by atoms with E-state index >= 15 is 0 Å². The van der Waals surface area contributed by atoms with Crippen molar-refractivity contribution in [1.29, 1.82) is 0 Å². The molecule has 1 amide bonds. The Bertz CT molecular complexity index is 679. The van der Waals surface area contributed by atoms with Crippen molar-refractivity contribution in [2.75, 3.05) is 13.2 Å². The molecule has 24 heavy (non-hydrogen) atoms. The molecule has 0 spiro atoms. The second-order valence-electron chi connectivity index (χ2n) is 6.33. The summed E-state index contributed by atoms with van der Waals surface area (Å²) in [6, 6.07) is 16.1. The van der Waals surface area contributed by atoms with Crippen molar-refractivity contribution in [3.05, 3.63) is 65.2 Å². The first kappa shape index (κ1) is 16.4. The van der Waals surface area contributed by atoms with Gasteiger partial charge in [-0.15, -0.1) is 0 Å². The maximum atomic E-state index is 12.0. The van der Waals surface area contributed by atoms with Gasteiger partial charge in [-0.1, -0.05) is 36.4 Å². The molecule has 1 fully saturated rings. The van der Waals surface area contributed by atoms with Crippen LogP contribution >= 0.6 is 0 Å². The fraction of sp³-hybridized carbons (Fsp3) is 0.350. The summed E-state index contributed by atoms with van der Waals surface area (Å²) in [5.41, 5.74) is 3.49. The predicted octanol–water partition coefficient (Wildman–Crippen LogP) is 4.09. The Kier molecular flexibility index (Phi) is 5.04. The molecule has 0 N–H and O–H groups in total. The van der Waals surface area contributed by atoms with Gasteiger partial charge in [0.1, 0.15) is 11.9 Å². The minimum Gasteiger partial charge on any atom is -0.493 e. The third-order valence-electron chi connectivity index (χ3n) is 4.07. The normalized spacial score (nSPS) is 17.0. The number of rotatable bonds is 6. The van der Waals surface area contributed by atoms with E-state index in [0.29, 0.717) is 26.1 Å². The van der Waals surface area contributed by atoms with Gasteiger partial charge in [0.15, 0.2) is 0 Å². The summed E-state index contributed by atoms with van der Waals surface area (Å²) in [6.45, 7) is 5.86. The Morgan fingerprint density at radius 3 is 2.54 bits per heavy atom. The zero-order valence-corrected chi connectivity index (χ0v) is 14.2. The van der Waals surface area contributed by atoms with Crippen molar-refractivity contribution in [3.8, 4) is 5.75 Å². The molecule has 1 atom stereocenters. The highest BCUT2D eigenvalue weighted by atomic mass is 16.6. The zero-order valence-electron chi connectivity index (χ0n) is 14.2. The van der Waals surface area contributed by atoms with Crippen molar-refractivity contribution in [1.82, 2.24) is 4.90 Å². The molecule has 2 aromatic carbocycles. The number of nitrogens with zero attached hydrogens (tertiary/aromatic N) is 1. The standard InChI is InChI=1S/C20H23NO3/c1-15-10-16(2)12-19(11-15)23-9-8-18-14-21(20(22)24-18)13-17-6-4-3-5-7-17/h3-7,10-12,18H,8-9,13-14H2,1-2H3/t18-/m0/s1. The van der Waals surface area contributed by atoms with Crippen molar-refractivity contribution < 1.29 is 14.3 Å². The molecule has 0 unspecified atom stereocenters. The first-order chi connectivity index (χ1) is 11.6. The van der Waals surface area contributed by atoms with Crippen LogP contribution in [0.1, 0.15) is 23.1 Å². The van der Waals surface area contributed by atoms with Gasteiger partial charge < -0.3 is 14.4 Å². The van der Waals surface area contributed by atoms with Crippen LogP contribution in [-0.4, -0.2) is 30.2 Å². The van der Waals surface area contributed by atoms with Gasteiger partial charge in [-0.2, -0.15) is 0 Å². The molecule has 0 saturated carbocycles. The Morgan fingerprint density at radius 2 is 1.83 bits per heavy atom. The average molecular weight is 325 g/mol. The van der Waals surface area contributed by atoms with Crippen molar-refractivity contribution in [3.63, 3.8) is 0 Å². The summed E-state index contributed by atoms with van der Waals surface area (Å²) in [5, 5.41) is 0. The fourth-order valence-corrected chi connectivity index (χ4v) is 2.98. The molecule has 1 aliphatic rings. The van der Waals surface area contributed by atoms with Gasteiger partial charge in [-0.3, -0.25) is 0 Å². The molecule has 2 aromatic rings. The van der Waals surface area contributed by atoms with E-state index in [2.05, 4.69) is 19.9 Å². The van der Waals surface area contributed by atoms with E-state index in [0.717, 1.165) is 11.3 Å². The SMILES string of the molecule is Cc1cc(C)cc(OCC[C@H]2CN(Cc3ccccc3)C(=O)O2)c1. The molecule has 0 aliphatic carbocycles. The van der Waals surface area contributed by atoms with E-state index < -0.39 is 0 Å². The Morgan fingerprint density at radius 1 is 1.12 bits per heavy atom. The van der Waals surface area contributed by atoms with Gasteiger partial charge in [0, 0.05) is 13.0 Å². The minimum absolute atomic E-state index is 0.105. The van der Waals surface area contributed by atoms with Gasteiger partial charge in [0.2, 0.25) is 0 Å². The number of aryl methyl sites for hydroxylation is 2. The maximum Gasteiger partial charge on any atom is 0.410 e. The Labute approximate surface area is 143 Å². The molecule has 3 rings (SSSR count). The largest absolute Gasteiger partial charge is 0.493 e. The van der Waals surface area contributed by atoms with Crippen molar-refractivity contribution in [2.24, 2.45) is 0 Å². The van der Waals surface area contributed by atoms with Gasteiger partial charge in [-0.05, 0) is 42.7 Å². The lowest BCUT2D eigenvalue weighted by Gasteiger charge is -2.13. The summed E-state index contributed by atoms with van der Waals surface area (Å²) in [4.78, 5) is 13.7. The van der Waals surface area contributed by atoms with Crippen LogP contribution in [0.2, 0.25) is 0 Å². The number of hydrogen-bond acceptors (Lipinski definition) is 3. The molecule has 4 heteroatoms. The number of benzene rings is 2. The number of hydrogen-bond donors (Lipinski definition) is 0. The lowest BCUT2D eigenvalue weighted by atomic mass is 10.1. The van der Waals surface area contributed by atoms with E-state index in [1.165, 1.54) is 11.1 Å². The highest BCUT2D eigenvalue weighted by Crippen LogP contribution is 2.19. The van der Waals surface area contributed by atoms with Crippen LogP contribution < -0.4 is 4.74 Å².